The van der Waals surface area contributed by atoms with Crippen molar-refractivity contribution in [3.05, 3.63) is 47.5 Å². The van der Waals surface area contributed by atoms with Gasteiger partial charge in [0.15, 0.2) is 0 Å². The second-order valence-corrected chi connectivity index (χ2v) is 11.1. The van der Waals surface area contributed by atoms with E-state index in [-0.39, 0.29) is 30.2 Å². The molecule has 2 aliphatic rings. The summed E-state index contributed by atoms with van der Waals surface area (Å²) in [5.74, 6) is -0.282. The van der Waals surface area contributed by atoms with Gasteiger partial charge < -0.3 is 9.47 Å². The summed E-state index contributed by atoms with van der Waals surface area (Å²) >= 11 is 0. The van der Waals surface area contributed by atoms with E-state index in [1.807, 2.05) is 20.8 Å². The van der Waals surface area contributed by atoms with Gasteiger partial charge >= 0.3 is 11.9 Å². The topological polar surface area (TPSA) is 55.8 Å². The lowest BCUT2D eigenvalue weighted by Crippen LogP contribution is -2.42. The molecule has 0 amide bonds. The maximum absolute atomic E-state index is 13.0. The molecule has 1 saturated heterocycles. The summed E-state index contributed by atoms with van der Waals surface area (Å²) in [6.07, 6.45) is 4.57. The first-order chi connectivity index (χ1) is 15.5. The second kappa shape index (κ2) is 10.4. The van der Waals surface area contributed by atoms with Crippen LogP contribution in [0.1, 0.15) is 83.3 Å². The van der Waals surface area contributed by atoms with Gasteiger partial charge in [0.2, 0.25) is 0 Å². The van der Waals surface area contributed by atoms with Crippen molar-refractivity contribution < 1.29 is 19.1 Å². The van der Waals surface area contributed by atoms with Gasteiger partial charge in [-0.1, -0.05) is 36.4 Å². The van der Waals surface area contributed by atoms with E-state index in [0.717, 1.165) is 18.5 Å². The van der Waals surface area contributed by atoms with Crippen LogP contribution in [-0.4, -0.2) is 42.6 Å². The molecular formula is C28H41NO4. The Labute approximate surface area is 199 Å². The number of likely N-dealkylation sites (tertiary alicyclic amines) is 1. The number of benzene rings is 1. The molecule has 1 heterocycles. The average molecular weight is 456 g/mol. The monoisotopic (exact) mass is 455 g/mol. The molecule has 0 aromatic heterocycles. The lowest BCUT2D eigenvalue weighted by atomic mass is 9.60. The minimum absolute atomic E-state index is 0.0450. The number of carbonyl (C=O) groups is 2. The molecule has 182 valence electrons. The Kier molecular flexibility index (Phi) is 8.04. The molecule has 1 aromatic carbocycles. The van der Waals surface area contributed by atoms with Gasteiger partial charge in [0.1, 0.15) is 5.60 Å². The summed E-state index contributed by atoms with van der Waals surface area (Å²) in [7, 11) is 1.41. The highest BCUT2D eigenvalue weighted by molar-refractivity contribution is 5.84. The molecule has 1 aromatic rings. The Morgan fingerprint density at radius 3 is 2.33 bits per heavy atom. The van der Waals surface area contributed by atoms with Crippen LogP contribution in [-0.2, 0) is 25.6 Å². The fraction of sp³-hybridized carbons (Fsp3) is 0.643. The number of rotatable bonds is 7. The van der Waals surface area contributed by atoms with Crippen LogP contribution < -0.4 is 0 Å². The van der Waals surface area contributed by atoms with Gasteiger partial charge in [-0.05, 0) is 95.9 Å². The van der Waals surface area contributed by atoms with Crippen LogP contribution >= 0.6 is 0 Å². The summed E-state index contributed by atoms with van der Waals surface area (Å²) in [6.45, 7) is 15.2. The number of ether oxygens (including phenoxy) is 2. The van der Waals surface area contributed by atoms with Crippen LogP contribution in [0.3, 0.4) is 0 Å². The van der Waals surface area contributed by atoms with Crippen LogP contribution in [0.4, 0.5) is 0 Å². The van der Waals surface area contributed by atoms with E-state index in [1.165, 1.54) is 44.2 Å². The third-order valence-corrected chi connectivity index (χ3v) is 7.20. The first kappa shape index (κ1) is 25.5. The molecule has 0 unspecified atom stereocenters. The van der Waals surface area contributed by atoms with Crippen molar-refractivity contribution in [3.63, 3.8) is 0 Å². The molecule has 1 saturated carbocycles. The fourth-order valence-corrected chi connectivity index (χ4v) is 5.60. The largest absolute Gasteiger partial charge is 0.469 e. The number of methoxy groups -OCH3 is 1. The number of allylic oxidation sites excluding steroid dienone is 1. The van der Waals surface area contributed by atoms with Crippen molar-refractivity contribution in [2.45, 2.75) is 84.3 Å². The lowest BCUT2D eigenvalue weighted by molar-refractivity contribution is -0.169. The normalized spacial score (nSPS) is 26.1. The molecule has 3 atom stereocenters. The fourth-order valence-electron chi connectivity index (χ4n) is 5.60. The molecule has 3 rings (SSSR count). The molecule has 2 fully saturated rings. The first-order valence-electron chi connectivity index (χ1n) is 12.3. The zero-order valence-electron chi connectivity index (χ0n) is 21.1. The highest BCUT2D eigenvalue weighted by atomic mass is 16.6. The summed E-state index contributed by atoms with van der Waals surface area (Å²) in [4.78, 5) is 28.3. The smallest absolute Gasteiger partial charge is 0.312 e. The summed E-state index contributed by atoms with van der Waals surface area (Å²) in [5.41, 5.74) is 2.18. The van der Waals surface area contributed by atoms with Crippen molar-refractivity contribution >= 4 is 11.9 Å². The lowest BCUT2D eigenvalue weighted by Gasteiger charge is -2.43. The van der Waals surface area contributed by atoms with Crippen molar-refractivity contribution in [2.24, 2.45) is 11.3 Å². The van der Waals surface area contributed by atoms with Crippen molar-refractivity contribution in [1.82, 2.24) is 4.90 Å². The first-order valence-corrected chi connectivity index (χ1v) is 12.3. The van der Waals surface area contributed by atoms with E-state index in [1.54, 1.807) is 0 Å². The third kappa shape index (κ3) is 6.47. The van der Waals surface area contributed by atoms with Crippen LogP contribution in [0.2, 0.25) is 0 Å². The SMILES string of the molecule is C=C(C)[C@@H]1CC[C@](CC(=O)OC(C)(C)C)(C(=O)OC)C[C@H]1c1ccc(CN2CCCC2)cc1. The Bertz CT molecular complexity index is 848. The zero-order chi connectivity index (χ0) is 24.2. The Balaban J connectivity index is 1.84. The maximum atomic E-state index is 13.0. The molecule has 0 bridgehead atoms. The van der Waals surface area contributed by atoms with Crippen LogP contribution in [0.25, 0.3) is 0 Å². The third-order valence-electron chi connectivity index (χ3n) is 7.20. The number of nitrogens with zero attached hydrogens (tertiary/aromatic N) is 1. The van der Waals surface area contributed by atoms with E-state index >= 15 is 0 Å². The van der Waals surface area contributed by atoms with Gasteiger partial charge in [-0.15, -0.1) is 0 Å². The molecule has 5 heteroatoms. The molecule has 5 nitrogen and oxygen atoms in total. The molecule has 0 N–H and O–H groups in total. The number of hydrogen-bond acceptors (Lipinski definition) is 5. The number of carbonyl (C=O) groups excluding carboxylic acids is 2. The Hall–Kier alpha value is -2.14. The zero-order valence-corrected chi connectivity index (χ0v) is 21.1. The Morgan fingerprint density at radius 2 is 1.79 bits per heavy atom. The molecule has 1 aliphatic heterocycles. The van der Waals surface area contributed by atoms with E-state index < -0.39 is 11.0 Å². The molecule has 0 radical (unpaired) electrons. The van der Waals surface area contributed by atoms with Crippen molar-refractivity contribution in [1.29, 1.82) is 0 Å². The van der Waals surface area contributed by atoms with E-state index in [9.17, 15) is 9.59 Å². The van der Waals surface area contributed by atoms with E-state index in [0.29, 0.717) is 12.8 Å². The Morgan fingerprint density at radius 1 is 1.15 bits per heavy atom. The summed E-state index contributed by atoms with van der Waals surface area (Å²) in [6, 6.07) is 8.83. The van der Waals surface area contributed by atoms with Crippen molar-refractivity contribution in [2.75, 3.05) is 20.2 Å². The number of hydrogen-bond donors (Lipinski definition) is 0. The second-order valence-electron chi connectivity index (χ2n) is 11.1. The van der Waals surface area contributed by atoms with Gasteiger partial charge in [-0.25, -0.2) is 0 Å². The van der Waals surface area contributed by atoms with Gasteiger partial charge in [0, 0.05) is 6.54 Å². The van der Waals surface area contributed by atoms with Crippen LogP contribution in [0.5, 0.6) is 0 Å². The average Bonchev–Trinajstić information content (AvgIpc) is 3.25. The van der Waals surface area contributed by atoms with Gasteiger partial charge in [-0.3, -0.25) is 14.5 Å². The van der Waals surface area contributed by atoms with Gasteiger partial charge in [0.05, 0.1) is 18.9 Å². The molecular weight excluding hydrogens is 414 g/mol. The minimum Gasteiger partial charge on any atom is -0.469 e. The van der Waals surface area contributed by atoms with E-state index in [2.05, 4.69) is 42.7 Å². The van der Waals surface area contributed by atoms with Crippen LogP contribution in [0.15, 0.2) is 36.4 Å². The number of esters is 2. The minimum atomic E-state index is -0.873. The van der Waals surface area contributed by atoms with Gasteiger partial charge in [0.25, 0.3) is 0 Å². The predicted molar refractivity (Wildman–Crippen MR) is 131 cm³/mol. The van der Waals surface area contributed by atoms with Crippen LogP contribution in [0, 0.1) is 11.3 Å². The van der Waals surface area contributed by atoms with Crippen molar-refractivity contribution in [3.8, 4) is 0 Å². The highest BCUT2D eigenvalue weighted by Crippen LogP contribution is 2.51. The molecule has 0 spiro atoms. The molecule has 1 aliphatic carbocycles. The molecule has 33 heavy (non-hydrogen) atoms. The summed E-state index contributed by atoms with van der Waals surface area (Å²) < 4.78 is 10.8. The maximum Gasteiger partial charge on any atom is 0.312 e. The standard InChI is InChI=1S/C28H41NO4/c1-20(2)23-13-14-28(26(31)32-6,18-25(30)33-27(3,4)5)17-24(23)22-11-9-21(10-12-22)19-29-15-7-8-16-29/h9-12,23-24H,1,7-8,13-19H2,2-6H3/t23-,24-,28-/m0/s1. The predicted octanol–water partition coefficient (Wildman–Crippen LogP) is 5.63. The quantitative estimate of drug-likeness (QED) is 0.394. The summed E-state index contributed by atoms with van der Waals surface area (Å²) in [5, 5.41) is 0. The van der Waals surface area contributed by atoms with Gasteiger partial charge in [-0.2, -0.15) is 0 Å². The van der Waals surface area contributed by atoms with E-state index in [4.69, 9.17) is 9.47 Å². The highest BCUT2D eigenvalue weighted by Gasteiger charge is 2.49.